The van der Waals surface area contributed by atoms with Gasteiger partial charge in [0, 0.05) is 5.56 Å². The van der Waals surface area contributed by atoms with Gasteiger partial charge in [-0.25, -0.2) is 4.39 Å². The zero-order valence-electron chi connectivity index (χ0n) is 10.3. The summed E-state index contributed by atoms with van der Waals surface area (Å²) in [5, 5.41) is 0. The summed E-state index contributed by atoms with van der Waals surface area (Å²) in [6, 6.07) is 7.04. The highest BCUT2D eigenvalue weighted by atomic mass is 19.1. The van der Waals surface area contributed by atoms with Crippen LogP contribution < -0.4 is 0 Å². The molecule has 2 heteroatoms. The van der Waals surface area contributed by atoms with E-state index in [9.17, 15) is 9.18 Å². The summed E-state index contributed by atoms with van der Waals surface area (Å²) in [4.78, 5) is 11.3. The molecule has 0 aromatic heterocycles. The molecule has 1 aliphatic carbocycles. The van der Waals surface area contributed by atoms with Crippen molar-refractivity contribution in [3.63, 3.8) is 0 Å². The molecule has 0 bridgehead atoms. The van der Waals surface area contributed by atoms with Gasteiger partial charge >= 0.3 is 0 Å². The van der Waals surface area contributed by atoms with Crippen molar-refractivity contribution in [2.75, 3.05) is 0 Å². The Morgan fingerprint density at radius 1 is 1.29 bits per heavy atom. The summed E-state index contributed by atoms with van der Waals surface area (Å²) in [6.45, 7) is 1.52. The maximum atomic E-state index is 14.4. The molecule has 1 aromatic carbocycles. The monoisotopic (exact) mass is 234 g/mol. The highest BCUT2D eigenvalue weighted by Gasteiger charge is 2.24. The molecular formula is C15H19FO. The molecule has 1 aromatic rings. The highest BCUT2D eigenvalue weighted by molar-refractivity contribution is 5.94. The molecule has 1 saturated carbocycles. The molecule has 0 N–H and O–H groups in total. The molecule has 1 fully saturated rings. The molecule has 1 nitrogen and oxygen atoms in total. The summed E-state index contributed by atoms with van der Waals surface area (Å²) in [6.07, 6.45) is 4.55. The summed E-state index contributed by atoms with van der Waals surface area (Å²) < 4.78 is 14.4. The fourth-order valence-electron chi connectivity index (χ4n) is 2.63. The number of halogens is 1. The fourth-order valence-corrected chi connectivity index (χ4v) is 2.63. The Balaban J connectivity index is 2.14. The van der Waals surface area contributed by atoms with Crippen LogP contribution in [0.2, 0.25) is 0 Å². The Bertz CT molecular complexity index is 394. The van der Waals surface area contributed by atoms with Crippen molar-refractivity contribution >= 4 is 5.78 Å². The zero-order chi connectivity index (χ0) is 12.3. The van der Waals surface area contributed by atoms with Gasteiger partial charge in [0.1, 0.15) is 6.17 Å². The van der Waals surface area contributed by atoms with Crippen molar-refractivity contribution in [1.82, 2.24) is 0 Å². The first kappa shape index (κ1) is 12.3. The van der Waals surface area contributed by atoms with Crippen molar-refractivity contribution < 1.29 is 9.18 Å². The van der Waals surface area contributed by atoms with E-state index in [2.05, 4.69) is 0 Å². The normalized spacial score (nSPS) is 18.9. The van der Waals surface area contributed by atoms with Crippen LogP contribution in [0, 0.1) is 5.92 Å². The van der Waals surface area contributed by atoms with Crippen LogP contribution >= 0.6 is 0 Å². The molecule has 1 atom stereocenters. The van der Waals surface area contributed by atoms with E-state index in [1.807, 2.05) is 0 Å². The van der Waals surface area contributed by atoms with Crippen LogP contribution in [-0.4, -0.2) is 5.78 Å². The van der Waals surface area contributed by atoms with Gasteiger partial charge in [-0.05, 0) is 37.3 Å². The molecule has 2 rings (SSSR count). The van der Waals surface area contributed by atoms with Gasteiger partial charge in [0.25, 0.3) is 0 Å². The van der Waals surface area contributed by atoms with E-state index < -0.39 is 6.17 Å². The number of hydrogen-bond acceptors (Lipinski definition) is 1. The molecular weight excluding hydrogens is 215 g/mol. The SMILES string of the molecule is CC(=O)c1cccc(C(F)C2CCCCC2)c1. The molecule has 0 saturated heterocycles. The van der Waals surface area contributed by atoms with Gasteiger partial charge in [0.15, 0.2) is 5.78 Å². The number of carbonyl (C=O) groups is 1. The third kappa shape index (κ3) is 2.93. The van der Waals surface area contributed by atoms with Gasteiger partial charge in [-0.1, -0.05) is 37.5 Å². The van der Waals surface area contributed by atoms with Crippen LogP contribution in [-0.2, 0) is 0 Å². The molecule has 0 amide bonds. The Morgan fingerprint density at radius 3 is 2.65 bits per heavy atom. The third-order valence-electron chi connectivity index (χ3n) is 3.68. The Labute approximate surface area is 102 Å². The molecule has 0 radical (unpaired) electrons. The number of ketones is 1. The molecule has 17 heavy (non-hydrogen) atoms. The second kappa shape index (κ2) is 5.44. The van der Waals surface area contributed by atoms with E-state index in [1.165, 1.54) is 13.3 Å². The van der Waals surface area contributed by atoms with Crippen LogP contribution in [0.25, 0.3) is 0 Å². The van der Waals surface area contributed by atoms with E-state index in [-0.39, 0.29) is 11.7 Å². The predicted molar refractivity (Wildman–Crippen MR) is 66.9 cm³/mol. The van der Waals surface area contributed by atoms with E-state index in [0.717, 1.165) is 25.7 Å². The van der Waals surface area contributed by atoms with Gasteiger partial charge in [-0.3, -0.25) is 4.79 Å². The standard InChI is InChI=1S/C15H19FO/c1-11(17)13-8-5-9-14(10-13)15(16)12-6-3-2-4-7-12/h5,8-10,12,15H,2-4,6-7H2,1H3. The summed E-state index contributed by atoms with van der Waals surface area (Å²) in [7, 11) is 0. The first-order valence-corrected chi connectivity index (χ1v) is 6.43. The van der Waals surface area contributed by atoms with E-state index in [4.69, 9.17) is 0 Å². The van der Waals surface area contributed by atoms with Crippen molar-refractivity contribution in [3.05, 3.63) is 35.4 Å². The number of hydrogen-bond donors (Lipinski definition) is 0. The molecule has 1 aliphatic rings. The van der Waals surface area contributed by atoms with E-state index in [1.54, 1.807) is 24.3 Å². The van der Waals surface area contributed by atoms with Gasteiger partial charge in [0.05, 0.1) is 0 Å². The Hall–Kier alpha value is -1.18. The summed E-state index contributed by atoms with van der Waals surface area (Å²) >= 11 is 0. The first-order valence-electron chi connectivity index (χ1n) is 6.43. The lowest BCUT2D eigenvalue weighted by molar-refractivity contribution is 0.101. The van der Waals surface area contributed by atoms with Crippen LogP contribution in [0.4, 0.5) is 4.39 Å². The smallest absolute Gasteiger partial charge is 0.159 e. The predicted octanol–water partition coefficient (Wildman–Crippen LogP) is 4.48. The van der Waals surface area contributed by atoms with E-state index in [0.29, 0.717) is 11.1 Å². The molecule has 0 heterocycles. The molecule has 0 aliphatic heterocycles. The van der Waals surface area contributed by atoms with Crippen LogP contribution in [0.1, 0.15) is 61.1 Å². The number of alkyl halides is 1. The minimum atomic E-state index is -0.908. The first-order chi connectivity index (χ1) is 8.18. The maximum absolute atomic E-state index is 14.4. The number of Topliss-reactive ketones (excluding diaryl/α,β-unsaturated/α-hetero) is 1. The van der Waals surface area contributed by atoms with E-state index >= 15 is 0 Å². The van der Waals surface area contributed by atoms with Crippen LogP contribution in [0.15, 0.2) is 24.3 Å². The average Bonchev–Trinajstić information content (AvgIpc) is 2.39. The lowest BCUT2D eigenvalue weighted by Crippen LogP contribution is -2.13. The summed E-state index contributed by atoms with van der Waals surface area (Å²) in [5.41, 5.74) is 1.28. The molecule has 0 spiro atoms. The zero-order valence-corrected chi connectivity index (χ0v) is 10.3. The van der Waals surface area contributed by atoms with Crippen LogP contribution in [0.3, 0.4) is 0 Å². The number of carbonyl (C=O) groups excluding carboxylic acids is 1. The molecule has 92 valence electrons. The topological polar surface area (TPSA) is 17.1 Å². The van der Waals surface area contributed by atoms with Gasteiger partial charge < -0.3 is 0 Å². The van der Waals surface area contributed by atoms with Crippen molar-refractivity contribution in [1.29, 1.82) is 0 Å². The fraction of sp³-hybridized carbons (Fsp3) is 0.533. The number of rotatable bonds is 3. The maximum Gasteiger partial charge on any atom is 0.159 e. The van der Waals surface area contributed by atoms with Crippen molar-refractivity contribution in [2.24, 2.45) is 5.92 Å². The molecule has 1 unspecified atom stereocenters. The second-order valence-electron chi connectivity index (χ2n) is 4.98. The quantitative estimate of drug-likeness (QED) is 0.705. The summed E-state index contributed by atoms with van der Waals surface area (Å²) in [5.74, 6) is 0.147. The lowest BCUT2D eigenvalue weighted by Gasteiger charge is -2.25. The Morgan fingerprint density at radius 2 is 2.00 bits per heavy atom. The largest absolute Gasteiger partial charge is 0.295 e. The number of benzene rings is 1. The lowest BCUT2D eigenvalue weighted by atomic mass is 9.83. The minimum Gasteiger partial charge on any atom is -0.295 e. The second-order valence-corrected chi connectivity index (χ2v) is 4.98. The van der Waals surface area contributed by atoms with Gasteiger partial charge in [-0.15, -0.1) is 0 Å². The van der Waals surface area contributed by atoms with Gasteiger partial charge in [-0.2, -0.15) is 0 Å². The average molecular weight is 234 g/mol. The van der Waals surface area contributed by atoms with Crippen molar-refractivity contribution in [2.45, 2.75) is 45.2 Å². The van der Waals surface area contributed by atoms with Crippen LogP contribution in [0.5, 0.6) is 0 Å². The highest BCUT2D eigenvalue weighted by Crippen LogP contribution is 2.37. The Kier molecular flexibility index (Phi) is 3.93. The third-order valence-corrected chi connectivity index (χ3v) is 3.68. The minimum absolute atomic E-state index is 0.00249. The van der Waals surface area contributed by atoms with Gasteiger partial charge in [0.2, 0.25) is 0 Å². The van der Waals surface area contributed by atoms with Crippen molar-refractivity contribution in [3.8, 4) is 0 Å².